The predicted molar refractivity (Wildman–Crippen MR) is 34.9 cm³/mol. The Hall–Kier alpha value is 1.33. The zero-order valence-electron chi connectivity index (χ0n) is 4.02. The zero-order valence-corrected chi connectivity index (χ0v) is 9.69. The molecule has 36 valence electrons. The Balaban J connectivity index is 0. The molecule has 0 aromatic heterocycles. The molecule has 4 radical (unpaired) electrons. The molecule has 4 heteroatoms. The van der Waals surface area contributed by atoms with Crippen LogP contribution in [0.25, 0.3) is 0 Å². The molecule has 0 rings (SSSR count). The van der Waals surface area contributed by atoms with Gasteiger partial charge in [0.25, 0.3) is 0 Å². The second-order valence-corrected chi connectivity index (χ2v) is 2.14. The largest absolute Gasteiger partial charge is 0.323 e. The van der Waals surface area contributed by atoms with Crippen molar-refractivity contribution in [3.05, 3.63) is 0 Å². The summed E-state index contributed by atoms with van der Waals surface area (Å²) < 4.78 is 4.81. The van der Waals surface area contributed by atoms with Gasteiger partial charge in [0.05, 0.1) is 6.61 Å². The van der Waals surface area contributed by atoms with Gasteiger partial charge in [-0.3, -0.25) is 0 Å². The topological polar surface area (TPSA) is 9.23 Å². The minimum atomic E-state index is 0. The van der Waals surface area contributed by atoms with E-state index in [1.165, 1.54) is 0 Å². The average Bonchev–Trinajstić information content (AvgIpc) is 1.41. The van der Waals surface area contributed by atoms with Crippen molar-refractivity contribution in [2.24, 2.45) is 0 Å². The van der Waals surface area contributed by atoms with E-state index in [9.17, 15) is 0 Å². The van der Waals surface area contributed by atoms with Gasteiger partial charge < -0.3 is 4.18 Å². The maximum Gasteiger partial charge on any atom is 0.105 e. The summed E-state index contributed by atoms with van der Waals surface area (Å²) in [5.41, 5.74) is 0. The normalized spacial score (nSPS) is 7.50. The molecule has 0 aromatic carbocycles. The van der Waals surface area contributed by atoms with Crippen LogP contribution in [0.15, 0.2) is 0 Å². The van der Waals surface area contributed by atoms with Gasteiger partial charge in [-0.1, -0.05) is 11.5 Å². The van der Waals surface area contributed by atoms with Gasteiger partial charge in [0.15, 0.2) is 0 Å². The van der Waals surface area contributed by atoms with Crippen molar-refractivity contribution in [3.63, 3.8) is 0 Å². The molecule has 0 spiro atoms. The second kappa shape index (κ2) is 9.59. The van der Waals surface area contributed by atoms with Gasteiger partial charge in [0.2, 0.25) is 0 Å². The third-order valence-corrected chi connectivity index (χ3v) is 1.41. The summed E-state index contributed by atoms with van der Waals surface area (Å²) in [6, 6.07) is 0. The molecule has 0 saturated carbocycles. The predicted octanol–water partition coefficient (Wildman–Crippen LogP) is -0.429. The molecule has 0 aliphatic heterocycles. The zero-order chi connectivity index (χ0) is 4.12. The summed E-state index contributed by atoms with van der Waals surface area (Å²) in [7, 11) is 1.09. The number of hydrogen-bond donors (Lipinski definition) is 0. The summed E-state index contributed by atoms with van der Waals surface area (Å²) in [5.74, 6) is 0. The van der Waals surface area contributed by atoms with Crippen molar-refractivity contribution in [3.8, 4) is 0 Å². The van der Waals surface area contributed by atoms with Crippen molar-refractivity contribution in [2.75, 3.05) is 6.61 Å². The fourth-order valence-corrected chi connectivity index (χ4v) is 1.06. The van der Waals surface area contributed by atoms with Crippen LogP contribution in [0.4, 0.5) is 0 Å². The minimum absolute atomic E-state index is 0. The molecule has 0 aliphatic rings. The average molecular weight is 227 g/mol. The third kappa shape index (κ3) is 9.01. The molecular weight excluding hydrogens is 219 g/mol. The standard InChI is InChI=1S/C2H8OSSi.Sn/c1-2-3-4-5;/h2H2,1,5H3;. The van der Waals surface area contributed by atoms with E-state index in [2.05, 4.69) is 0 Å². The first kappa shape index (κ1) is 10.3. The van der Waals surface area contributed by atoms with Gasteiger partial charge in [0, 0.05) is 23.9 Å². The Morgan fingerprint density at radius 1 is 1.83 bits per heavy atom. The third-order valence-electron chi connectivity index (χ3n) is 0.236. The van der Waals surface area contributed by atoms with Crippen molar-refractivity contribution in [2.45, 2.75) is 6.92 Å². The van der Waals surface area contributed by atoms with Crippen LogP contribution >= 0.6 is 11.5 Å². The van der Waals surface area contributed by atoms with Gasteiger partial charge in [-0.2, -0.15) is 0 Å². The molecule has 0 bridgehead atoms. The van der Waals surface area contributed by atoms with Crippen LogP contribution < -0.4 is 0 Å². The molecule has 0 N–H and O–H groups in total. The fourth-order valence-electron chi connectivity index (χ4n) is 0.118. The van der Waals surface area contributed by atoms with Crippen molar-refractivity contribution >= 4 is 44.8 Å². The molecule has 0 fully saturated rings. The molecule has 6 heavy (non-hydrogen) atoms. The monoisotopic (exact) mass is 228 g/mol. The van der Waals surface area contributed by atoms with Gasteiger partial charge in [-0.05, 0) is 6.92 Å². The quantitative estimate of drug-likeness (QED) is 0.467. The summed E-state index contributed by atoms with van der Waals surface area (Å²) in [5, 5.41) is 0. The van der Waals surface area contributed by atoms with Crippen molar-refractivity contribution in [1.29, 1.82) is 0 Å². The maximum absolute atomic E-state index is 4.81. The molecular formula is C2H8OSSiSn. The minimum Gasteiger partial charge on any atom is -0.323 e. The van der Waals surface area contributed by atoms with E-state index in [1.807, 2.05) is 6.92 Å². The molecule has 0 unspecified atom stereocenters. The first-order valence-corrected chi connectivity index (χ1v) is 5.17. The van der Waals surface area contributed by atoms with Crippen LogP contribution in [0.2, 0.25) is 0 Å². The van der Waals surface area contributed by atoms with Crippen LogP contribution in [0.3, 0.4) is 0 Å². The molecule has 0 saturated heterocycles. The van der Waals surface area contributed by atoms with Gasteiger partial charge in [0.1, 0.15) is 9.39 Å². The van der Waals surface area contributed by atoms with E-state index in [1.54, 1.807) is 11.5 Å². The Morgan fingerprint density at radius 3 is 2.33 bits per heavy atom. The van der Waals surface area contributed by atoms with Crippen LogP contribution in [-0.4, -0.2) is 39.9 Å². The van der Waals surface area contributed by atoms with E-state index in [4.69, 9.17) is 4.18 Å². The van der Waals surface area contributed by atoms with Gasteiger partial charge in [-0.15, -0.1) is 0 Å². The van der Waals surface area contributed by atoms with E-state index in [0.717, 1.165) is 16.0 Å². The molecule has 0 atom stereocenters. The molecule has 0 heterocycles. The van der Waals surface area contributed by atoms with Crippen molar-refractivity contribution < 1.29 is 4.18 Å². The van der Waals surface area contributed by atoms with Gasteiger partial charge in [-0.25, -0.2) is 0 Å². The first-order valence-electron chi connectivity index (χ1n) is 1.57. The van der Waals surface area contributed by atoms with E-state index < -0.39 is 0 Å². The number of rotatable bonds is 2. The van der Waals surface area contributed by atoms with Crippen LogP contribution in [0.1, 0.15) is 6.92 Å². The molecule has 1 nitrogen and oxygen atoms in total. The Labute approximate surface area is 62.4 Å². The van der Waals surface area contributed by atoms with Gasteiger partial charge >= 0.3 is 0 Å². The van der Waals surface area contributed by atoms with E-state index in [0.29, 0.717) is 0 Å². The molecule has 0 aromatic rings. The van der Waals surface area contributed by atoms with Crippen LogP contribution in [-0.2, 0) is 4.18 Å². The summed E-state index contributed by atoms with van der Waals surface area (Å²) in [6.07, 6.45) is 0. The summed E-state index contributed by atoms with van der Waals surface area (Å²) in [4.78, 5) is 0. The summed E-state index contributed by atoms with van der Waals surface area (Å²) in [6.45, 7) is 2.83. The fraction of sp³-hybridized carbons (Fsp3) is 1.00. The maximum atomic E-state index is 4.81. The van der Waals surface area contributed by atoms with Crippen LogP contribution in [0, 0.1) is 0 Å². The number of hydrogen-bond acceptors (Lipinski definition) is 2. The SMILES string of the molecule is CCOS[SiH3].[Sn]. The Kier molecular flexibility index (Phi) is 16.5. The smallest absolute Gasteiger partial charge is 0.105 e. The first-order chi connectivity index (χ1) is 2.41. The van der Waals surface area contributed by atoms with E-state index in [-0.39, 0.29) is 23.9 Å². The Bertz CT molecular complexity index is 21.0. The summed E-state index contributed by atoms with van der Waals surface area (Å²) >= 11 is 1.54. The molecule has 0 amide bonds. The molecule has 0 aliphatic carbocycles. The van der Waals surface area contributed by atoms with Crippen LogP contribution in [0.5, 0.6) is 0 Å². The van der Waals surface area contributed by atoms with E-state index >= 15 is 0 Å². The Morgan fingerprint density at radius 2 is 2.33 bits per heavy atom. The second-order valence-electron chi connectivity index (χ2n) is 0.573. The van der Waals surface area contributed by atoms with Crippen molar-refractivity contribution in [1.82, 2.24) is 0 Å².